The van der Waals surface area contributed by atoms with Crippen molar-refractivity contribution in [3.8, 4) is 0 Å². The first kappa shape index (κ1) is 16.5. The Labute approximate surface area is 126 Å². The maximum atomic E-state index is 6.49. The monoisotopic (exact) mass is 298 g/mol. The van der Waals surface area contributed by atoms with Gasteiger partial charge < -0.3 is 9.74 Å². The molecular formula is C16H34N2OSi. The van der Waals surface area contributed by atoms with E-state index in [0.717, 1.165) is 13.2 Å². The quantitative estimate of drug-likeness (QED) is 0.790. The molecule has 118 valence electrons. The van der Waals surface area contributed by atoms with Crippen LogP contribution >= 0.6 is 0 Å². The fraction of sp³-hybridized carbons (Fsp3) is 1.00. The Morgan fingerprint density at radius 3 is 2.45 bits per heavy atom. The van der Waals surface area contributed by atoms with Crippen LogP contribution in [0.1, 0.15) is 40.5 Å². The van der Waals surface area contributed by atoms with Gasteiger partial charge in [-0.2, -0.15) is 0 Å². The van der Waals surface area contributed by atoms with Crippen molar-refractivity contribution in [2.75, 3.05) is 32.8 Å². The molecule has 20 heavy (non-hydrogen) atoms. The minimum Gasteiger partial charge on any atom is -0.416 e. The summed E-state index contributed by atoms with van der Waals surface area (Å²) in [5, 5.41) is 3.85. The Kier molecular flexibility index (Phi) is 4.70. The van der Waals surface area contributed by atoms with Crippen molar-refractivity contribution < 1.29 is 4.43 Å². The van der Waals surface area contributed by atoms with Crippen LogP contribution < -0.4 is 5.32 Å². The highest BCUT2D eigenvalue weighted by Crippen LogP contribution is 2.48. The Morgan fingerprint density at radius 2 is 1.95 bits per heavy atom. The summed E-state index contributed by atoms with van der Waals surface area (Å²) in [5.41, 5.74) is 0.479. The van der Waals surface area contributed by atoms with E-state index < -0.39 is 8.32 Å². The van der Waals surface area contributed by atoms with Crippen LogP contribution in [-0.2, 0) is 4.43 Å². The maximum absolute atomic E-state index is 6.49. The molecule has 1 aliphatic carbocycles. The normalized spacial score (nSPS) is 27.6. The van der Waals surface area contributed by atoms with E-state index in [-0.39, 0.29) is 0 Å². The van der Waals surface area contributed by atoms with E-state index in [2.05, 4.69) is 51.0 Å². The summed E-state index contributed by atoms with van der Waals surface area (Å²) in [7, 11) is -1.58. The van der Waals surface area contributed by atoms with Crippen LogP contribution in [0, 0.1) is 5.41 Å². The van der Waals surface area contributed by atoms with Crippen LogP contribution in [0.4, 0.5) is 0 Å². The molecule has 1 N–H and O–H groups in total. The predicted molar refractivity (Wildman–Crippen MR) is 88.7 cm³/mol. The topological polar surface area (TPSA) is 24.5 Å². The zero-order valence-electron chi connectivity index (χ0n) is 14.4. The lowest BCUT2D eigenvalue weighted by atomic mass is 10.1. The van der Waals surface area contributed by atoms with Gasteiger partial charge in [0.25, 0.3) is 0 Å². The van der Waals surface area contributed by atoms with Crippen LogP contribution in [0.5, 0.6) is 0 Å². The van der Waals surface area contributed by atoms with Crippen molar-refractivity contribution in [2.45, 2.75) is 64.7 Å². The molecular weight excluding hydrogens is 264 g/mol. The first-order valence-electron chi connectivity index (χ1n) is 8.23. The summed E-state index contributed by atoms with van der Waals surface area (Å²) >= 11 is 0. The molecule has 0 bridgehead atoms. The first-order chi connectivity index (χ1) is 9.14. The molecule has 0 aromatic carbocycles. The molecule has 4 heteroatoms. The molecule has 0 radical (unpaired) electrons. The number of nitrogens with zero attached hydrogens (tertiary/aromatic N) is 1. The van der Waals surface area contributed by atoms with Gasteiger partial charge in [0.1, 0.15) is 0 Å². The molecule has 0 spiro atoms. The van der Waals surface area contributed by atoms with Crippen LogP contribution in [0.25, 0.3) is 0 Å². The highest BCUT2D eigenvalue weighted by atomic mass is 28.4. The summed E-state index contributed by atoms with van der Waals surface area (Å²) in [6.45, 7) is 19.8. The standard InChI is InChI=1S/C16H34N2OSi/c1-14-11-18(10-9-17-14)12-16(7-8-16)13-19-20(5,6)15(2,3)4/h14,17H,7-13H2,1-6H3/t14-/m1/s1. The molecule has 0 aromatic heterocycles. The lowest BCUT2D eigenvalue weighted by Gasteiger charge is -2.39. The Hall–Kier alpha value is 0.0969. The first-order valence-corrected chi connectivity index (χ1v) is 11.1. The van der Waals surface area contributed by atoms with Crippen LogP contribution in [0.15, 0.2) is 0 Å². The van der Waals surface area contributed by atoms with Crippen molar-refractivity contribution in [1.82, 2.24) is 10.2 Å². The highest BCUT2D eigenvalue weighted by Gasteiger charge is 2.47. The average molecular weight is 299 g/mol. The van der Waals surface area contributed by atoms with Crippen molar-refractivity contribution >= 4 is 8.32 Å². The van der Waals surface area contributed by atoms with Crippen molar-refractivity contribution in [2.24, 2.45) is 5.41 Å². The molecule has 0 amide bonds. The van der Waals surface area contributed by atoms with Crippen LogP contribution in [0.3, 0.4) is 0 Å². The molecule has 1 saturated carbocycles. The van der Waals surface area contributed by atoms with Gasteiger partial charge >= 0.3 is 0 Å². The third-order valence-corrected chi connectivity index (χ3v) is 9.99. The van der Waals surface area contributed by atoms with Gasteiger partial charge in [-0.25, -0.2) is 0 Å². The van der Waals surface area contributed by atoms with Crippen molar-refractivity contribution in [3.63, 3.8) is 0 Å². The van der Waals surface area contributed by atoms with Crippen molar-refractivity contribution in [1.29, 1.82) is 0 Å². The Balaban J connectivity index is 1.83. The van der Waals surface area contributed by atoms with Gasteiger partial charge in [-0.05, 0) is 37.9 Å². The van der Waals surface area contributed by atoms with E-state index in [9.17, 15) is 0 Å². The number of piperazine rings is 1. The molecule has 0 aromatic rings. The molecule has 3 nitrogen and oxygen atoms in total. The molecule has 1 saturated heterocycles. The lowest BCUT2D eigenvalue weighted by molar-refractivity contribution is 0.129. The Morgan fingerprint density at radius 1 is 1.30 bits per heavy atom. The second-order valence-corrected chi connectivity index (χ2v) is 13.4. The summed E-state index contributed by atoms with van der Waals surface area (Å²) in [6.07, 6.45) is 2.72. The third-order valence-electron chi connectivity index (χ3n) is 5.51. The SMILES string of the molecule is C[C@@H]1CN(CC2(CO[Si](C)(C)C(C)(C)C)CC2)CCN1. The Bertz CT molecular complexity index is 334. The molecule has 1 aliphatic heterocycles. The summed E-state index contributed by atoms with van der Waals surface area (Å²) in [4.78, 5) is 2.64. The zero-order valence-corrected chi connectivity index (χ0v) is 15.4. The van der Waals surface area contributed by atoms with Crippen LogP contribution in [-0.4, -0.2) is 52.0 Å². The fourth-order valence-electron chi connectivity index (χ4n) is 2.71. The largest absolute Gasteiger partial charge is 0.416 e. The molecule has 2 aliphatic rings. The zero-order chi connectivity index (χ0) is 15.0. The van der Waals surface area contributed by atoms with E-state index in [1.807, 2.05) is 0 Å². The van der Waals surface area contributed by atoms with E-state index in [0.29, 0.717) is 16.5 Å². The minimum atomic E-state index is -1.58. The second-order valence-electron chi connectivity index (χ2n) is 8.64. The third kappa shape index (κ3) is 4.06. The van der Waals surface area contributed by atoms with Crippen LogP contribution in [0.2, 0.25) is 18.1 Å². The number of hydrogen-bond donors (Lipinski definition) is 1. The van der Waals surface area contributed by atoms with Gasteiger partial charge in [-0.15, -0.1) is 0 Å². The lowest BCUT2D eigenvalue weighted by Crippen LogP contribution is -2.51. The molecule has 2 fully saturated rings. The van der Waals surface area contributed by atoms with E-state index in [1.165, 1.54) is 32.5 Å². The average Bonchev–Trinajstić information content (AvgIpc) is 3.06. The summed E-state index contributed by atoms with van der Waals surface area (Å²) < 4.78 is 6.49. The molecule has 2 rings (SSSR count). The fourth-order valence-corrected chi connectivity index (χ4v) is 3.81. The minimum absolute atomic E-state index is 0.326. The molecule has 1 heterocycles. The van der Waals surface area contributed by atoms with Gasteiger partial charge in [0.05, 0.1) is 0 Å². The van der Waals surface area contributed by atoms with E-state index in [4.69, 9.17) is 4.43 Å². The summed E-state index contributed by atoms with van der Waals surface area (Å²) in [5.74, 6) is 0. The molecule has 1 atom stereocenters. The van der Waals surface area contributed by atoms with Crippen molar-refractivity contribution in [3.05, 3.63) is 0 Å². The number of rotatable bonds is 5. The smallest absolute Gasteiger partial charge is 0.192 e. The van der Waals surface area contributed by atoms with E-state index in [1.54, 1.807) is 0 Å². The van der Waals surface area contributed by atoms with Gasteiger partial charge in [0.15, 0.2) is 8.32 Å². The highest BCUT2D eigenvalue weighted by molar-refractivity contribution is 6.74. The van der Waals surface area contributed by atoms with Gasteiger partial charge in [-0.1, -0.05) is 20.8 Å². The van der Waals surface area contributed by atoms with Gasteiger partial charge in [0, 0.05) is 44.2 Å². The number of nitrogens with one attached hydrogen (secondary N) is 1. The second kappa shape index (κ2) is 5.71. The summed E-state index contributed by atoms with van der Waals surface area (Å²) in [6, 6.07) is 0.640. The van der Waals surface area contributed by atoms with E-state index >= 15 is 0 Å². The maximum Gasteiger partial charge on any atom is 0.192 e. The van der Waals surface area contributed by atoms with Gasteiger partial charge in [0.2, 0.25) is 0 Å². The van der Waals surface area contributed by atoms with Gasteiger partial charge in [-0.3, -0.25) is 4.90 Å². The number of hydrogen-bond acceptors (Lipinski definition) is 3. The predicted octanol–water partition coefficient (Wildman–Crippen LogP) is 3.08. The molecule has 0 unspecified atom stereocenters.